The van der Waals surface area contributed by atoms with Crippen molar-refractivity contribution >= 4 is 17.6 Å². The zero-order valence-electron chi connectivity index (χ0n) is 17.8. The Morgan fingerprint density at radius 2 is 2.07 bits per heavy atom. The third kappa shape index (κ3) is 5.04. The number of hydrogen-bond donors (Lipinski definition) is 1. The molecule has 3 heterocycles. The Hall–Kier alpha value is -2.09. The van der Waals surface area contributed by atoms with E-state index in [1.807, 2.05) is 18.1 Å². The molecule has 1 unspecified atom stereocenters. The fraction of sp³-hybridized carbons (Fsp3) is 0.750. The van der Waals surface area contributed by atoms with Crippen LogP contribution in [-0.2, 0) is 11.8 Å². The molecular formula is C20H35N7O. The lowest BCUT2D eigenvalue weighted by molar-refractivity contribution is -0.120. The normalized spacial score (nSPS) is 21.3. The van der Waals surface area contributed by atoms with Crippen LogP contribution >= 0.6 is 0 Å². The Kier molecular flexibility index (Phi) is 6.93. The topological polar surface area (TPSA) is 69.0 Å². The number of guanidine groups is 1. The van der Waals surface area contributed by atoms with E-state index in [0.717, 1.165) is 50.3 Å². The van der Waals surface area contributed by atoms with Gasteiger partial charge in [0.05, 0.1) is 18.4 Å². The Bertz CT molecular complexity index is 678. The smallest absolute Gasteiger partial charge is 0.246 e. The Balaban J connectivity index is 1.59. The van der Waals surface area contributed by atoms with Crippen molar-refractivity contribution in [2.24, 2.45) is 18.0 Å². The number of piperazine rings is 1. The zero-order valence-corrected chi connectivity index (χ0v) is 17.8. The molecule has 1 aromatic heterocycles. The van der Waals surface area contributed by atoms with E-state index in [0.29, 0.717) is 19.1 Å². The number of nitrogens with zero attached hydrogens (tertiary/aromatic N) is 6. The van der Waals surface area contributed by atoms with Gasteiger partial charge in [0.15, 0.2) is 5.96 Å². The van der Waals surface area contributed by atoms with Crippen molar-refractivity contribution in [3.05, 3.63) is 12.4 Å². The summed E-state index contributed by atoms with van der Waals surface area (Å²) in [5.74, 6) is 1.77. The summed E-state index contributed by atoms with van der Waals surface area (Å²) in [6.45, 7) is 12.3. The molecule has 3 rings (SSSR count). The number of nitrogens with one attached hydrogen (secondary N) is 1. The van der Waals surface area contributed by atoms with Crippen molar-refractivity contribution in [3.8, 4) is 0 Å². The van der Waals surface area contributed by atoms with E-state index in [1.165, 1.54) is 12.8 Å². The second-order valence-electron chi connectivity index (χ2n) is 8.10. The predicted molar refractivity (Wildman–Crippen MR) is 113 cm³/mol. The number of amides is 1. The molecule has 156 valence electrons. The SMILES string of the molecule is CCNC(=NCC(C)N1CCC(C)CC1)N1CCN(c2cnn(C)c2)C(=O)C1. The van der Waals surface area contributed by atoms with Crippen molar-refractivity contribution in [2.75, 3.05) is 50.7 Å². The van der Waals surface area contributed by atoms with E-state index >= 15 is 0 Å². The first-order valence-electron chi connectivity index (χ1n) is 10.5. The maximum absolute atomic E-state index is 12.7. The van der Waals surface area contributed by atoms with E-state index in [2.05, 4.69) is 41.0 Å². The molecule has 8 heteroatoms. The van der Waals surface area contributed by atoms with Gasteiger partial charge in [-0.1, -0.05) is 6.92 Å². The van der Waals surface area contributed by atoms with Crippen LogP contribution in [0.2, 0.25) is 0 Å². The Morgan fingerprint density at radius 3 is 2.68 bits per heavy atom. The van der Waals surface area contributed by atoms with Crippen LogP contribution in [0.5, 0.6) is 0 Å². The summed E-state index contributed by atoms with van der Waals surface area (Å²) in [5.41, 5.74) is 0.863. The minimum Gasteiger partial charge on any atom is -0.357 e. The number of rotatable bonds is 5. The number of aliphatic imine (C=N–C) groups is 1. The van der Waals surface area contributed by atoms with Gasteiger partial charge < -0.3 is 15.1 Å². The first-order chi connectivity index (χ1) is 13.5. The van der Waals surface area contributed by atoms with Crippen molar-refractivity contribution in [1.82, 2.24) is 24.9 Å². The van der Waals surface area contributed by atoms with Gasteiger partial charge in [-0.05, 0) is 45.7 Å². The third-order valence-corrected chi connectivity index (χ3v) is 5.80. The summed E-state index contributed by atoms with van der Waals surface area (Å²) < 4.78 is 1.73. The molecule has 2 aliphatic heterocycles. The molecule has 1 aromatic rings. The van der Waals surface area contributed by atoms with Gasteiger partial charge in [-0.2, -0.15) is 5.10 Å². The molecule has 2 aliphatic rings. The average molecular weight is 390 g/mol. The second-order valence-corrected chi connectivity index (χ2v) is 8.10. The molecule has 0 spiro atoms. The molecule has 0 saturated carbocycles. The van der Waals surface area contributed by atoms with E-state index in [9.17, 15) is 4.79 Å². The highest BCUT2D eigenvalue weighted by atomic mass is 16.2. The number of aromatic nitrogens is 2. The lowest BCUT2D eigenvalue weighted by atomic mass is 9.98. The zero-order chi connectivity index (χ0) is 20.1. The number of carbonyl (C=O) groups is 1. The van der Waals surface area contributed by atoms with Crippen LogP contribution in [0.15, 0.2) is 17.4 Å². The van der Waals surface area contributed by atoms with Gasteiger partial charge in [-0.25, -0.2) is 0 Å². The minimum atomic E-state index is 0.0860. The van der Waals surface area contributed by atoms with Gasteiger partial charge in [-0.3, -0.25) is 19.4 Å². The summed E-state index contributed by atoms with van der Waals surface area (Å²) in [6, 6.07) is 0.425. The highest BCUT2D eigenvalue weighted by Crippen LogP contribution is 2.18. The molecule has 0 aromatic carbocycles. The number of carbonyl (C=O) groups excluding carboxylic acids is 1. The fourth-order valence-electron chi connectivity index (χ4n) is 3.90. The van der Waals surface area contributed by atoms with E-state index < -0.39 is 0 Å². The van der Waals surface area contributed by atoms with Crippen LogP contribution < -0.4 is 10.2 Å². The van der Waals surface area contributed by atoms with E-state index in [4.69, 9.17) is 4.99 Å². The summed E-state index contributed by atoms with van der Waals surface area (Å²) in [5, 5.41) is 7.54. The van der Waals surface area contributed by atoms with Crippen LogP contribution in [-0.4, -0.2) is 83.3 Å². The number of likely N-dealkylation sites (tertiary alicyclic amines) is 1. The lowest BCUT2D eigenvalue weighted by Crippen LogP contribution is -2.55. The molecule has 2 fully saturated rings. The quantitative estimate of drug-likeness (QED) is 0.604. The largest absolute Gasteiger partial charge is 0.357 e. The van der Waals surface area contributed by atoms with Crippen LogP contribution in [0.1, 0.15) is 33.6 Å². The molecule has 8 nitrogen and oxygen atoms in total. The Morgan fingerprint density at radius 1 is 1.32 bits per heavy atom. The standard InChI is InChI=1S/C20H35N7O/c1-5-21-20(22-12-17(3)25-8-6-16(2)7-9-25)26-10-11-27(19(28)15-26)18-13-23-24(4)14-18/h13-14,16-17H,5-12,15H2,1-4H3,(H,21,22). The van der Waals surface area contributed by atoms with E-state index in [-0.39, 0.29) is 5.91 Å². The second kappa shape index (κ2) is 9.41. The molecule has 0 aliphatic carbocycles. The van der Waals surface area contributed by atoms with Gasteiger partial charge in [-0.15, -0.1) is 0 Å². The summed E-state index contributed by atoms with van der Waals surface area (Å²) in [7, 11) is 1.87. The highest BCUT2D eigenvalue weighted by Gasteiger charge is 2.28. The molecular weight excluding hydrogens is 354 g/mol. The van der Waals surface area contributed by atoms with Gasteiger partial charge in [0.1, 0.15) is 6.54 Å². The summed E-state index contributed by atoms with van der Waals surface area (Å²) in [4.78, 5) is 24.0. The van der Waals surface area contributed by atoms with Crippen molar-refractivity contribution in [2.45, 2.75) is 39.7 Å². The fourth-order valence-corrected chi connectivity index (χ4v) is 3.90. The molecule has 1 N–H and O–H groups in total. The number of aryl methyl sites for hydroxylation is 1. The van der Waals surface area contributed by atoms with Crippen molar-refractivity contribution in [3.63, 3.8) is 0 Å². The average Bonchev–Trinajstić information content (AvgIpc) is 3.11. The maximum atomic E-state index is 12.7. The highest BCUT2D eigenvalue weighted by molar-refractivity contribution is 5.98. The van der Waals surface area contributed by atoms with Gasteiger partial charge >= 0.3 is 0 Å². The van der Waals surface area contributed by atoms with Gasteiger partial charge in [0.2, 0.25) is 5.91 Å². The number of hydrogen-bond acceptors (Lipinski definition) is 4. The van der Waals surface area contributed by atoms with Gasteiger partial charge in [0.25, 0.3) is 0 Å². The molecule has 2 saturated heterocycles. The molecule has 28 heavy (non-hydrogen) atoms. The molecule has 1 atom stereocenters. The molecule has 1 amide bonds. The van der Waals surface area contributed by atoms with Gasteiger partial charge in [0, 0.05) is 38.9 Å². The van der Waals surface area contributed by atoms with E-state index in [1.54, 1.807) is 10.9 Å². The minimum absolute atomic E-state index is 0.0860. The maximum Gasteiger partial charge on any atom is 0.246 e. The number of anilines is 1. The molecule has 0 radical (unpaired) electrons. The molecule has 0 bridgehead atoms. The van der Waals surface area contributed by atoms with Crippen molar-refractivity contribution in [1.29, 1.82) is 0 Å². The van der Waals surface area contributed by atoms with Crippen LogP contribution in [0.25, 0.3) is 0 Å². The van der Waals surface area contributed by atoms with Crippen LogP contribution in [0, 0.1) is 5.92 Å². The number of piperidine rings is 1. The monoisotopic (exact) mass is 389 g/mol. The summed E-state index contributed by atoms with van der Waals surface area (Å²) in [6.07, 6.45) is 6.18. The Labute approximate surface area is 168 Å². The lowest BCUT2D eigenvalue weighted by Gasteiger charge is -2.36. The van der Waals surface area contributed by atoms with Crippen LogP contribution in [0.4, 0.5) is 5.69 Å². The van der Waals surface area contributed by atoms with Crippen LogP contribution in [0.3, 0.4) is 0 Å². The first kappa shape index (κ1) is 20.6. The third-order valence-electron chi connectivity index (χ3n) is 5.80. The summed E-state index contributed by atoms with van der Waals surface area (Å²) >= 11 is 0. The first-order valence-corrected chi connectivity index (χ1v) is 10.5. The van der Waals surface area contributed by atoms with Crippen molar-refractivity contribution < 1.29 is 4.79 Å². The predicted octanol–water partition coefficient (Wildman–Crippen LogP) is 1.15.